The molecule has 108 valence electrons. The highest BCUT2D eigenvalue weighted by Crippen LogP contribution is 2.26. The van der Waals surface area contributed by atoms with E-state index in [0.29, 0.717) is 42.3 Å². The van der Waals surface area contributed by atoms with Crippen LogP contribution in [0.25, 0.3) is 0 Å². The van der Waals surface area contributed by atoms with Crippen LogP contribution in [0.1, 0.15) is 25.4 Å². The van der Waals surface area contributed by atoms with E-state index in [4.69, 9.17) is 14.9 Å². The quantitative estimate of drug-likeness (QED) is 0.843. The van der Waals surface area contributed by atoms with Crippen molar-refractivity contribution in [1.29, 1.82) is 0 Å². The van der Waals surface area contributed by atoms with Gasteiger partial charge in [0.2, 0.25) is 5.88 Å². The summed E-state index contributed by atoms with van der Waals surface area (Å²) >= 11 is 0. The van der Waals surface area contributed by atoms with Crippen molar-refractivity contribution < 1.29 is 9.15 Å². The summed E-state index contributed by atoms with van der Waals surface area (Å²) in [6.45, 7) is 7.02. The molecule has 3 N–H and O–H groups in total. The highest BCUT2D eigenvalue weighted by atomic mass is 16.5. The monoisotopic (exact) mass is 276 g/mol. The first-order chi connectivity index (χ1) is 9.56. The average molecular weight is 276 g/mol. The Kier molecular flexibility index (Phi) is 4.45. The summed E-state index contributed by atoms with van der Waals surface area (Å²) in [7, 11) is 0. The van der Waals surface area contributed by atoms with Crippen LogP contribution in [-0.4, -0.2) is 16.6 Å². The van der Waals surface area contributed by atoms with Crippen LogP contribution in [0, 0.1) is 12.8 Å². The maximum absolute atomic E-state index is 6.03. The van der Waals surface area contributed by atoms with Crippen molar-refractivity contribution in [2.24, 2.45) is 5.92 Å². The van der Waals surface area contributed by atoms with Crippen LogP contribution in [0.5, 0.6) is 5.88 Å². The zero-order chi connectivity index (χ0) is 14.5. The highest BCUT2D eigenvalue weighted by molar-refractivity contribution is 5.66. The number of rotatable bonds is 6. The van der Waals surface area contributed by atoms with Crippen molar-refractivity contribution in [1.82, 2.24) is 9.97 Å². The van der Waals surface area contributed by atoms with E-state index in [9.17, 15) is 0 Å². The summed E-state index contributed by atoms with van der Waals surface area (Å²) in [5.74, 6) is 2.82. The fraction of sp³-hybridized carbons (Fsp3) is 0.429. The molecule has 0 spiro atoms. The minimum atomic E-state index is 0.407. The molecule has 2 heterocycles. The maximum atomic E-state index is 6.03. The number of aryl methyl sites for hydroxylation is 1. The largest absolute Gasteiger partial charge is 0.476 e. The molecule has 0 atom stereocenters. The second-order valence-corrected chi connectivity index (χ2v) is 4.98. The van der Waals surface area contributed by atoms with E-state index in [1.54, 1.807) is 13.2 Å². The number of aromatic nitrogens is 2. The molecule has 0 amide bonds. The molecule has 0 aromatic carbocycles. The smallest absolute Gasteiger partial charge is 0.242 e. The molecule has 0 radical (unpaired) electrons. The molecule has 2 rings (SSSR count). The van der Waals surface area contributed by atoms with Crippen LogP contribution in [-0.2, 0) is 6.54 Å². The molecule has 2 aromatic heterocycles. The summed E-state index contributed by atoms with van der Waals surface area (Å²) in [5, 5.41) is 3.13. The number of hydrogen-bond acceptors (Lipinski definition) is 6. The molecule has 0 aliphatic rings. The van der Waals surface area contributed by atoms with Gasteiger partial charge in [0.1, 0.15) is 17.3 Å². The van der Waals surface area contributed by atoms with E-state index in [0.717, 1.165) is 5.76 Å². The highest BCUT2D eigenvalue weighted by Gasteiger charge is 2.12. The van der Waals surface area contributed by atoms with E-state index in [-0.39, 0.29) is 0 Å². The van der Waals surface area contributed by atoms with Crippen molar-refractivity contribution >= 4 is 11.5 Å². The Morgan fingerprint density at radius 3 is 2.85 bits per heavy atom. The molecule has 20 heavy (non-hydrogen) atoms. The molecule has 0 aliphatic carbocycles. The van der Waals surface area contributed by atoms with Gasteiger partial charge in [-0.3, -0.25) is 0 Å². The van der Waals surface area contributed by atoms with Crippen molar-refractivity contribution in [2.45, 2.75) is 27.3 Å². The molecule has 6 heteroatoms. The molecule has 0 saturated heterocycles. The minimum absolute atomic E-state index is 0.407. The molecule has 2 aromatic rings. The number of nitrogen functional groups attached to an aromatic ring is 1. The summed E-state index contributed by atoms with van der Waals surface area (Å²) in [5.41, 5.74) is 6.45. The Hall–Kier alpha value is -2.24. The summed E-state index contributed by atoms with van der Waals surface area (Å²) < 4.78 is 10.9. The Morgan fingerprint density at radius 1 is 1.40 bits per heavy atom. The Balaban J connectivity index is 2.11. The van der Waals surface area contributed by atoms with Gasteiger partial charge in [-0.25, -0.2) is 4.98 Å². The SMILES string of the molecule is Cc1nc(NCc2ccco2)c(N)c(OCC(C)C)n1. The molecule has 0 saturated carbocycles. The summed E-state index contributed by atoms with van der Waals surface area (Å²) in [6.07, 6.45) is 1.63. The van der Waals surface area contributed by atoms with E-state index in [1.165, 1.54) is 0 Å². The number of nitrogens with one attached hydrogen (secondary N) is 1. The molecule has 6 nitrogen and oxygen atoms in total. The van der Waals surface area contributed by atoms with Gasteiger partial charge in [-0.2, -0.15) is 4.98 Å². The number of furan rings is 1. The Labute approximate surface area is 118 Å². The number of nitrogens with two attached hydrogens (primary N) is 1. The lowest BCUT2D eigenvalue weighted by Gasteiger charge is -2.13. The fourth-order valence-corrected chi connectivity index (χ4v) is 1.63. The topological polar surface area (TPSA) is 86.2 Å². The average Bonchev–Trinajstić information content (AvgIpc) is 2.90. The second-order valence-electron chi connectivity index (χ2n) is 4.98. The predicted octanol–water partition coefficient (Wildman–Crippen LogP) is 2.61. The predicted molar refractivity (Wildman–Crippen MR) is 77.5 cm³/mol. The fourth-order valence-electron chi connectivity index (χ4n) is 1.63. The molecular formula is C14H20N4O2. The standard InChI is InChI=1S/C14H20N4O2/c1-9(2)8-20-14-12(15)13(17-10(3)18-14)16-7-11-5-4-6-19-11/h4-6,9H,7-8,15H2,1-3H3,(H,16,17,18). The van der Waals surface area contributed by atoms with Gasteiger partial charge in [0.25, 0.3) is 0 Å². The van der Waals surface area contributed by atoms with Crippen LogP contribution < -0.4 is 15.8 Å². The van der Waals surface area contributed by atoms with E-state index >= 15 is 0 Å². The van der Waals surface area contributed by atoms with Crippen LogP contribution in [0.15, 0.2) is 22.8 Å². The van der Waals surface area contributed by atoms with Gasteiger partial charge in [-0.1, -0.05) is 13.8 Å². The first-order valence-corrected chi connectivity index (χ1v) is 6.59. The molecule has 0 bridgehead atoms. The van der Waals surface area contributed by atoms with Crippen molar-refractivity contribution in [2.75, 3.05) is 17.7 Å². The van der Waals surface area contributed by atoms with Gasteiger partial charge < -0.3 is 20.2 Å². The maximum Gasteiger partial charge on any atom is 0.242 e. The second kappa shape index (κ2) is 6.27. The lowest BCUT2D eigenvalue weighted by Crippen LogP contribution is -2.12. The minimum Gasteiger partial charge on any atom is -0.476 e. The molecular weight excluding hydrogens is 256 g/mol. The first kappa shape index (κ1) is 14.2. The number of ether oxygens (including phenoxy) is 1. The molecule has 0 unspecified atom stereocenters. The van der Waals surface area contributed by atoms with Crippen LogP contribution in [0.4, 0.5) is 11.5 Å². The first-order valence-electron chi connectivity index (χ1n) is 6.59. The third kappa shape index (κ3) is 3.63. The van der Waals surface area contributed by atoms with Gasteiger partial charge in [-0.15, -0.1) is 0 Å². The van der Waals surface area contributed by atoms with Crippen molar-refractivity contribution in [3.8, 4) is 5.88 Å². The summed E-state index contributed by atoms with van der Waals surface area (Å²) in [6, 6.07) is 3.72. The number of anilines is 2. The van der Waals surface area contributed by atoms with Crippen molar-refractivity contribution in [3.05, 3.63) is 30.0 Å². The van der Waals surface area contributed by atoms with E-state index in [1.807, 2.05) is 12.1 Å². The summed E-state index contributed by atoms with van der Waals surface area (Å²) in [4.78, 5) is 8.52. The van der Waals surface area contributed by atoms with Crippen LogP contribution in [0.3, 0.4) is 0 Å². The van der Waals surface area contributed by atoms with Gasteiger partial charge >= 0.3 is 0 Å². The van der Waals surface area contributed by atoms with Gasteiger partial charge in [-0.05, 0) is 25.0 Å². The van der Waals surface area contributed by atoms with Gasteiger partial charge in [0, 0.05) is 0 Å². The van der Waals surface area contributed by atoms with Gasteiger partial charge in [0.15, 0.2) is 5.82 Å². The molecule has 0 aliphatic heterocycles. The molecule has 0 fully saturated rings. The number of hydrogen-bond donors (Lipinski definition) is 2. The number of nitrogens with zero attached hydrogens (tertiary/aromatic N) is 2. The van der Waals surface area contributed by atoms with Gasteiger partial charge in [0.05, 0.1) is 19.4 Å². The zero-order valence-electron chi connectivity index (χ0n) is 12.0. The lowest BCUT2D eigenvalue weighted by atomic mass is 10.2. The van der Waals surface area contributed by atoms with Crippen LogP contribution in [0.2, 0.25) is 0 Å². The van der Waals surface area contributed by atoms with Crippen molar-refractivity contribution in [3.63, 3.8) is 0 Å². The van der Waals surface area contributed by atoms with Crippen LogP contribution >= 0.6 is 0 Å². The van der Waals surface area contributed by atoms with E-state index in [2.05, 4.69) is 29.1 Å². The zero-order valence-corrected chi connectivity index (χ0v) is 12.0. The normalized spacial score (nSPS) is 10.8. The third-order valence-corrected chi connectivity index (χ3v) is 2.59. The third-order valence-electron chi connectivity index (χ3n) is 2.59. The lowest BCUT2D eigenvalue weighted by molar-refractivity contribution is 0.262. The van der Waals surface area contributed by atoms with E-state index < -0.39 is 0 Å². The Bertz CT molecular complexity index is 553. The Morgan fingerprint density at radius 2 is 2.20 bits per heavy atom.